The van der Waals surface area contributed by atoms with Crippen molar-refractivity contribution >= 4 is 40.9 Å². The Hall–Kier alpha value is -0.380. The maximum atomic E-state index is 11.8. The summed E-state index contributed by atoms with van der Waals surface area (Å²) in [6, 6.07) is 5.87. The van der Waals surface area contributed by atoms with E-state index in [1.807, 2.05) is 19.1 Å². The first-order chi connectivity index (χ1) is 8.56. The Balaban J connectivity index is 1.84. The van der Waals surface area contributed by atoms with Gasteiger partial charge in [-0.25, -0.2) is 0 Å². The molecule has 0 aliphatic heterocycles. The van der Waals surface area contributed by atoms with Gasteiger partial charge in [0, 0.05) is 21.8 Å². The largest absolute Gasteiger partial charge is 0.352 e. The Bertz CT molecular complexity index is 449. The van der Waals surface area contributed by atoms with E-state index < -0.39 is 0 Å². The second-order valence-electron chi connectivity index (χ2n) is 4.47. The molecule has 0 aromatic heterocycles. The molecule has 5 heteroatoms. The van der Waals surface area contributed by atoms with Crippen molar-refractivity contribution in [2.75, 3.05) is 0 Å². The topological polar surface area (TPSA) is 29.1 Å². The van der Waals surface area contributed by atoms with Crippen molar-refractivity contribution in [1.29, 1.82) is 0 Å². The third-order valence-corrected chi connectivity index (χ3v) is 4.58. The normalized spacial score (nSPS) is 16.4. The Labute approximate surface area is 121 Å². The Morgan fingerprint density at radius 1 is 1.50 bits per heavy atom. The quantitative estimate of drug-likeness (QED) is 0.894. The molecule has 1 aliphatic rings. The number of thioether (sulfide) groups is 1. The molecule has 98 valence electrons. The number of hydrogen-bond donors (Lipinski definition) is 1. The molecule has 1 fully saturated rings. The van der Waals surface area contributed by atoms with E-state index in [-0.39, 0.29) is 11.2 Å². The summed E-state index contributed by atoms with van der Waals surface area (Å²) in [4.78, 5) is 11.8. The summed E-state index contributed by atoms with van der Waals surface area (Å²) >= 11 is 13.5. The number of halogens is 2. The maximum absolute atomic E-state index is 11.8. The summed E-state index contributed by atoms with van der Waals surface area (Å²) < 4.78 is 0. The molecule has 0 spiro atoms. The first-order valence-corrected chi connectivity index (χ1v) is 7.72. The molecule has 0 radical (unpaired) electrons. The smallest absolute Gasteiger partial charge is 0.233 e. The van der Waals surface area contributed by atoms with E-state index in [0.717, 1.165) is 24.2 Å². The number of carbonyl (C=O) groups is 1. The van der Waals surface area contributed by atoms with Gasteiger partial charge in [-0.1, -0.05) is 29.3 Å². The van der Waals surface area contributed by atoms with E-state index in [1.54, 1.807) is 17.8 Å². The van der Waals surface area contributed by atoms with Crippen LogP contribution in [0.3, 0.4) is 0 Å². The fraction of sp³-hybridized carbons (Fsp3) is 0.462. The van der Waals surface area contributed by atoms with Gasteiger partial charge in [0.15, 0.2) is 0 Å². The first kappa shape index (κ1) is 14.0. The van der Waals surface area contributed by atoms with E-state index in [0.29, 0.717) is 16.1 Å². The maximum Gasteiger partial charge on any atom is 0.233 e. The molecule has 1 unspecified atom stereocenters. The lowest BCUT2D eigenvalue weighted by Gasteiger charge is -2.12. The summed E-state index contributed by atoms with van der Waals surface area (Å²) in [6.45, 7) is 1.92. The standard InChI is InChI=1S/C13H15Cl2NOS/c1-8(13(17)16-11-4-5-11)18-7-9-2-3-10(14)6-12(9)15/h2-3,6,8,11H,4-5,7H2,1H3,(H,16,17). The second-order valence-corrected chi connectivity index (χ2v) is 6.64. The number of nitrogens with one attached hydrogen (secondary N) is 1. The summed E-state index contributed by atoms with van der Waals surface area (Å²) in [5.41, 5.74) is 1.01. The van der Waals surface area contributed by atoms with Gasteiger partial charge >= 0.3 is 0 Å². The van der Waals surface area contributed by atoms with Gasteiger partial charge in [-0.3, -0.25) is 4.79 Å². The van der Waals surface area contributed by atoms with E-state index in [4.69, 9.17) is 23.2 Å². The highest BCUT2D eigenvalue weighted by Gasteiger charge is 2.25. The molecule has 1 aromatic rings. The SMILES string of the molecule is CC(SCc1ccc(Cl)cc1Cl)C(=O)NC1CC1. The van der Waals surface area contributed by atoms with Crippen molar-refractivity contribution in [3.63, 3.8) is 0 Å². The molecule has 1 N–H and O–H groups in total. The van der Waals surface area contributed by atoms with Crippen molar-refractivity contribution in [2.24, 2.45) is 0 Å². The molecular formula is C13H15Cl2NOS. The molecule has 2 rings (SSSR count). The monoisotopic (exact) mass is 303 g/mol. The van der Waals surface area contributed by atoms with Crippen LogP contribution in [-0.2, 0) is 10.5 Å². The Kier molecular flexibility index (Phi) is 4.82. The van der Waals surface area contributed by atoms with Gasteiger partial charge < -0.3 is 5.32 Å². The lowest BCUT2D eigenvalue weighted by Crippen LogP contribution is -2.32. The third-order valence-electron chi connectivity index (χ3n) is 2.80. The van der Waals surface area contributed by atoms with E-state index in [9.17, 15) is 4.79 Å². The molecule has 1 saturated carbocycles. The summed E-state index contributed by atoms with van der Waals surface area (Å²) in [7, 11) is 0. The van der Waals surface area contributed by atoms with Crippen molar-refractivity contribution in [1.82, 2.24) is 5.32 Å². The predicted molar refractivity (Wildman–Crippen MR) is 78.4 cm³/mol. The van der Waals surface area contributed by atoms with Crippen molar-refractivity contribution in [3.8, 4) is 0 Å². The molecule has 1 aromatic carbocycles. The van der Waals surface area contributed by atoms with E-state index in [1.165, 1.54) is 0 Å². The lowest BCUT2D eigenvalue weighted by atomic mass is 10.2. The fourth-order valence-electron chi connectivity index (χ4n) is 1.48. The van der Waals surface area contributed by atoms with E-state index in [2.05, 4.69) is 5.32 Å². The zero-order valence-corrected chi connectivity index (χ0v) is 12.4. The first-order valence-electron chi connectivity index (χ1n) is 5.92. The molecule has 18 heavy (non-hydrogen) atoms. The zero-order chi connectivity index (χ0) is 13.1. The number of amides is 1. The fourth-order valence-corrected chi connectivity index (χ4v) is 2.93. The minimum Gasteiger partial charge on any atom is -0.352 e. The molecule has 2 nitrogen and oxygen atoms in total. The minimum absolute atomic E-state index is 0.0580. The highest BCUT2D eigenvalue weighted by molar-refractivity contribution is 7.99. The number of hydrogen-bond acceptors (Lipinski definition) is 2. The average molecular weight is 304 g/mol. The molecular weight excluding hydrogens is 289 g/mol. The Morgan fingerprint density at radius 2 is 2.22 bits per heavy atom. The summed E-state index contributed by atoms with van der Waals surface area (Å²) in [5.74, 6) is 0.836. The van der Waals surface area contributed by atoms with Gasteiger partial charge in [0.25, 0.3) is 0 Å². The molecule has 1 aliphatic carbocycles. The minimum atomic E-state index is -0.0580. The van der Waals surface area contributed by atoms with Crippen LogP contribution in [0.4, 0.5) is 0 Å². The highest BCUT2D eigenvalue weighted by atomic mass is 35.5. The summed E-state index contributed by atoms with van der Waals surface area (Å²) in [5, 5.41) is 4.23. The number of benzene rings is 1. The van der Waals surface area contributed by atoms with Crippen LogP contribution in [0.25, 0.3) is 0 Å². The van der Waals surface area contributed by atoms with Gasteiger partial charge in [0.05, 0.1) is 5.25 Å². The van der Waals surface area contributed by atoms with Gasteiger partial charge in [-0.15, -0.1) is 11.8 Å². The summed E-state index contributed by atoms with van der Waals surface area (Å²) in [6.07, 6.45) is 2.23. The van der Waals surface area contributed by atoms with Crippen LogP contribution in [0.2, 0.25) is 10.0 Å². The predicted octanol–water partition coefficient (Wildman–Crippen LogP) is 3.89. The average Bonchev–Trinajstić information content (AvgIpc) is 3.11. The van der Waals surface area contributed by atoms with Crippen LogP contribution in [0, 0.1) is 0 Å². The van der Waals surface area contributed by atoms with Crippen molar-refractivity contribution < 1.29 is 4.79 Å². The lowest BCUT2D eigenvalue weighted by molar-refractivity contribution is -0.120. The zero-order valence-electron chi connectivity index (χ0n) is 10.1. The molecule has 0 bridgehead atoms. The van der Waals surface area contributed by atoms with Crippen molar-refractivity contribution in [3.05, 3.63) is 33.8 Å². The van der Waals surface area contributed by atoms with Crippen molar-refractivity contribution in [2.45, 2.75) is 36.8 Å². The van der Waals surface area contributed by atoms with Crippen LogP contribution in [0.15, 0.2) is 18.2 Å². The highest BCUT2D eigenvalue weighted by Crippen LogP contribution is 2.27. The third kappa shape index (κ3) is 4.08. The van der Waals surface area contributed by atoms with Crippen LogP contribution in [0.5, 0.6) is 0 Å². The Morgan fingerprint density at radius 3 is 2.83 bits per heavy atom. The van der Waals surface area contributed by atoms with Crippen LogP contribution >= 0.6 is 35.0 Å². The molecule has 0 saturated heterocycles. The van der Waals surface area contributed by atoms with Crippen LogP contribution in [0.1, 0.15) is 25.3 Å². The van der Waals surface area contributed by atoms with Crippen LogP contribution in [-0.4, -0.2) is 17.2 Å². The van der Waals surface area contributed by atoms with Gasteiger partial charge in [-0.05, 0) is 37.5 Å². The van der Waals surface area contributed by atoms with Crippen LogP contribution < -0.4 is 5.32 Å². The molecule has 1 amide bonds. The molecule has 1 atom stereocenters. The number of carbonyl (C=O) groups excluding carboxylic acids is 1. The van der Waals surface area contributed by atoms with Gasteiger partial charge in [0.2, 0.25) is 5.91 Å². The second kappa shape index (κ2) is 6.18. The molecule has 0 heterocycles. The van der Waals surface area contributed by atoms with Gasteiger partial charge in [0.1, 0.15) is 0 Å². The van der Waals surface area contributed by atoms with E-state index >= 15 is 0 Å². The van der Waals surface area contributed by atoms with Gasteiger partial charge in [-0.2, -0.15) is 0 Å². The number of rotatable bonds is 5.